The number of para-hydroxylation sites is 1. The Bertz CT molecular complexity index is 742. The average molecular weight is 356 g/mol. The fourth-order valence-corrected chi connectivity index (χ4v) is 2.38. The summed E-state index contributed by atoms with van der Waals surface area (Å²) >= 11 is 0. The van der Waals surface area contributed by atoms with Gasteiger partial charge in [-0.3, -0.25) is 9.59 Å². The van der Waals surface area contributed by atoms with E-state index in [1.165, 1.54) is 0 Å². The van der Waals surface area contributed by atoms with Crippen LogP contribution in [-0.2, 0) is 9.59 Å². The van der Waals surface area contributed by atoms with Gasteiger partial charge in [0.25, 0.3) is 0 Å². The van der Waals surface area contributed by atoms with Crippen LogP contribution in [0, 0.1) is 0 Å². The van der Waals surface area contributed by atoms with Gasteiger partial charge in [0.05, 0.1) is 13.7 Å². The molecule has 0 aliphatic heterocycles. The SMILES string of the molecule is COc1ccc(OCCNC(=O)C(=O)Nc2ccccc2C(C)C)cc1. The molecule has 2 aromatic rings. The number of anilines is 1. The third-order valence-corrected chi connectivity index (χ3v) is 3.75. The van der Waals surface area contributed by atoms with Crippen molar-refractivity contribution in [2.75, 3.05) is 25.6 Å². The lowest BCUT2D eigenvalue weighted by Gasteiger charge is -2.13. The fraction of sp³-hybridized carbons (Fsp3) is 0.300. The van der Waals surface area contributed by atoms with Gasteiger partial charge in [-0.2, -0.15) is 0 Å². The first-order valence-corrected chi connectivity index (χ1v) is 8.46. The normalized spacial score (nSPS) is 10.3. The summed E-state index contributed by atoms with van der Waals surface area (Å²) in [5, 5.41) is 5.20. The molecule has 0 aliphatic rings. The second-order valence-electron chi connectivity index (χ2n) is 5.98. The van der Waals surface area contributed by atoms with Gasteiger partial charge in [0.2, 0.25) is 0 Å². The van der Waals surface area contributed by atoms with Crippen molar-refractivity contribution in [2.24, 2.45) is 0 Å². The number of methoxy groups -OCH3 is 1. The fourth-order valence-electron chi connectivity index (χ4n) is 2.38. The van der Waals surface area contributed by atoms with Gasteiger partial charge in [0, 0.05) is 5.69 Å². The van der Waals surface area contributed by atoms with Crippen LogP contribution >= 0.6 is 0 Å². The molecule has 2 rings (SSSR count). The molecule has 0 fully saturated rings. The van der Waals surface area contributed by atoms with Gasteiger partial charge < -0.3 is 20.1 Å². The zero-order valence-electron chi connectivity index (χ0n) is 15.2. The predicted molar refractivity (Wildman–Crippen MR) is 101 cm³/mol. The molecular weight excluding hydrogens is 332 g/mol. The molecule has 0 aromatic heterocycles. The monoisotopic (exact) mass is 356 g/mol. The smallest absolute Gasteiger partial charge is 0.313 e. The third-order valence-electron chi connectivity index (χ3n) is 3.75. The summed E-state index contributed by atoms with van der Waals surface area (Å²) in [5.74, 6) is 0.260. The zero-order valence-corrected chi connectivity index (χ0v) is 15.2. The maximum atomic E-state index is 12.0. The molecule has 0 aliphatic carbocycles. The summed E-state index contributed by atoms with van der Waals surface area (Å²) < 4.78 is 10.6. The van der Waals surface area contributed by atoms with E-state index in [1.807, 2.05) is 32.0 Å². The second kappa shape index (κ2) is 9.46. The molecule has 26 heavy (non-hydrogen) atoms. The van der Waals surface area contributed by atoms with Crippen molar-refractivity contribution in [2.45, 2.75) is 19.8 Å². The number of hydrogen-bond donors (Lipinski definition) is 2. The molecule has 0 heterocycles. The number of rotatable bonds is 7. The Morgan fingerprint density at radius 3 is 2.27 bits per heavy atom. The summed E-state index contributed by atoms with van der Waals surface area (Å²) in [4.78, 5) is 24.0. The van der Waals surface area contributed by atoms with Crippen LogP contribution in [0.2, 0.25) is 0 Å². The van der Waals surface area contributed by atoms with E-state index in [0.29, 0.717) is 11.4 Å². The van der Waals surface area contributed by atoms with Crippen molar-refractivity contribution in [3.05, 3.63) is 54.1 Å². The third kappa shape index (κ3) is 5.51. The van der Waals surface area contributed by atoms with Crippen molar-refractivity contribution >= 4 is 17.5 Å². The van der Waals surface area contributed by atoms with Gasteiger partial charge in [-0.25, -0.2) is 0 Å². The standard InChI is InChI=1S/C20H24N2O4/c1-14(2)17-6-4-5-7-18(17)22-20(24)19(23)21-12-13-26-16-10-8-15(25-3)9-11-16/h4-11,14H,12-13H2,1-3H3,(H,21,23)(H,22,24). The highest BCUT2D eigenvalue weighted by atomic mass is 16.5. The van der Waals surface area contributed by atoms with Crippen LogP contribution in [0.5, 0.6) is 11.5 Å². The number of nitrogens with one attached hydrogen (secondary N) is 2. The quantitative estimate of drug-likeness (QED) is 0.591. The molecule has 6 heteroatoms. The summed E-state index contributed by atoms with van der Waals surface area (Å²) in [5.41, 5.74) is 1.63. The zero-order chi connectivity index (χ0) is 18.9. The van der Waals surface area contributed by atoms with Gasteiger partial charge in [0.1, 0.15) is 18.1 Å². The highest BCUT2D eigenvalue weighted by Gasteiger charge is 2.15. The van der Waals surface area contributed by atoms with Crippen molar-refractivity contribution < 1.29 is 19.1 Å². The number of benzene rings is 2. The molecule has 2 N–H and O–H groups in total. The molecule has 0 spiro atoms. The molecular formula is C20H24N2O4. The first-order valence-electron chi connectivity index (χ1n) is 8.46. The summed E-state index contributed by atoms with van der Waals surface area (Å²) in [6, 6.07) is 14.6. The molecule has 2 aromatic carbocycles. The lowest BCUT2D eigenvalue weighted by atomic mass is 10.0. The Morgan fingerprint density at radius 1 is 0.962 bits per heavy atom. The Morgan fingerprint density at radius 2 is 1.62 bits per heavy atom. The Kier molecular flexibility index (Phi) is 7.02. The first-order chi connectivity index (χ1) is 12.5. The van der Waals surface area contributed by atoms with Crippen LogP contribution in [0.1, 0.15) is 25.3 Å². The number of amides is 2. The van der Waals surface area contributed by atoms with E-state index in [9.17, 15) is 9.59 Å². The number of carbonyl (C=O) groups is 2. The lowest BCUT2D eigenvalue weighted by molar-refractivity contribution is -0.136. The van der Waals surface area contributed by atoms with Crippen molar-refractivity contribution in [3.8, 4) is 11.5 Å². The largest absolute Gasteiger partial charge is 0.497 e. The molecule has 6 nitrogen and oxygen atoms in total. The minimum Gasteiger partial charge on any atom is -0.497 e. The summed E-state index contributed by atoms with van der Waals surface area (Å²) in [6.07, 6.45) is 0. The van der Waals surface area contributed by atoms with Gasteiger partial charge in [-0.05, 0) is 41.8 Å². The molecule has 0 atom stereocenters. The highest BCUT2D eigenvalue weighted by Crippen LogP contribution is 2.23. The summed E-state index contributed by atoms with van der Waals surface area (Å²) in [6.45, 7) is 4.54. The molecule has 138 valence electrons. The Balaban J connectivity index is 1.77. The van der Waals surface area contributed by atoms with Gasteiger partial charge in [0.15, 0.2) is 0 Å². The van der Waals surface area contributed by atoms with E-state index in [0.717, 1.165) is 11.3 Å². The van der Waals surface area contributed by atoms with Crippen LogP contribution in [0.3, 0.4) is 0 Å². The first kappa shape index (κ1) is 19.3. The van der Waals surface area contributed by atoms with Crippen LogP contribution in [0.15, 0.2) is 48.5 Å². The highest BCUT2D eigenvalue weighted by molar-refractivity contribution is 6.39. The van der Waals surface area contributed by atoms with Gasteiger partial charge in [-0.1, -0.05) is 32.0 Å². The van der Waals surface area contributed by atoms with E-state index in [4.69, 9.17) is 9.47 Å². The minimum absolute atomic E-state index is 0.226. The molecule has 0 saturated carbocycles. The predicted octanol–water partition coefficient (Wildman–Crippen LogP) is 2.95. The molecule has 2 amide bonds. The molecule has 0 radical (unpaired) electrons. The van der Waals surface area contributed by atoms with Crippen molar-refractivity contribution in [1.82, 2.24) is 5.32 Å². The van der Waals surface area contributed by atoms with E-state index < -0.39 is 11.8 Å². The van der Waals surface area contributed by atoms with Gasteiger partial charge in [-0.15, -0.1) is 0 Å². The Labute approximate surface area is 153 Å². The second-order valence-corrected chi connectivity index (χ2v) is 5.98. The van der Waals surface area contributed by atoms with Gasteiger partial charge >= 0.3 is 11.8 Å². The molecule has 0 bridgehead atoms. The maximum Gasteiger partial charge on any atom is 0.313 e. The van der Waals surface area contributed by atoms with E-state index in [2.05, 4.69) is 10.6 Å². The van der Waals surface area contributed by atoms with E-state index in [1.54, 1.807) is 37.4 Å². The Hall–Kier alpha value is -3.02. The van der Waals surface area contributed by atoms with Crippen LogP contribution in [-0.4, -0.2) is 32.1 Å². The number of carbonyl (C=O) groups excluding carboxylic acids is 2. The number of ether oxygens (including phenoxy) is 2. The van der Waals surface area contributed by atoms with Crippen LogP contribution < -0.4 is 20.1 Å². The lowest BCUT2D eigenvalue weighted by Crippen LogP contribution is -2.37. The van der Waals surface area contributed by atoms with Crippen molar-refractivity contribution in [1.29, 1.82) is 0 Å². The minimum atomic E-state index is -0.693. The summed E-state index contributed by atoms with van der Waals surface area (Å²) in [7, 11) is 1.59. The van der Waals surface area contributed by atoms with Crippen LogP contribution in [0.4, 0.5) is 5.69 Å². The van der Waals surface area contributed by atoms with E-state index in [-0.39, 0.29) is 19.1 Å². The topological polar surface area (TPSA) is 76.7 Å². The average Bonchev–Trinajstić information content (AvgIpc) is 2.65. The maximum absolute atomic E-state index is 12.0. The molecule has 0 saturated heterocycles. The number of hydrogen-bond acceptors (Lipinski definition) is 4. The van der Waals surface area contributed by atoms with E-state index >= 15 is 0 Å². The van der Waals surface area contributed by atoms with Crippen LogP contribution in [0.25, 0.3) is 0 Å². The van der Waals surface area contributed by atoms with Crippen molar-refractivity contribution in [3.63, 3.8) is 0 Å². The molecule has 0 unspecified atom stereocenters.